The summed E-state index contributed by atoms with van der Waals surface area (Å²) in [5.74, 6) is -0.386. The van der Waals surface area contributed by atoms with Gasteiger partial charge in [0.05, 0.1) is 40.7 Å². The van der Waals surface area contributed by atoms with Crippen molar-refractivity contribution >= 4 is 40.1 Å². The Morgan fingerprint density at radius 2 is 1.64 bits per heavy atom. The third kappa shape index (κ3) is 3.21. The van der Waals surface area contributed by atoms with Crippen LogP contribution in [-0.4, -0.2) is 39.6 Å². The lowest BCUT2D eigenvalue weighted by atomic mass is 10.1. The Hall–Kier alpha value is -4.53. The van der Waals surface area contributed by atoms with Gasteiger partial charge in [0, 0.05) is 18.8 Å². The maximum absolute atomic E-state index is 13.4. The smallest absolute Gasteiger partial charge is 0.267 e. The van der Waals surface area contributed by atoms with Crippen LogP contribution in [0.3, 0.4) is 0 Å². The van der Waals surface area contributed by atoms with E-state index in [1.165, 1.54) is 13.1 Å². The van der Waals surface area contributed by atoms with Crippen molar-refractivity contribution in [1.82, 2.24) is 14.8 Å². The highest BCUT2D eigenvalue weighted by atomic mass is 16.5. The fraction of sp³-hybridized carbons (Fsp3) is 0.125. The normalized spacial score (nSPS) is 12.9. The van der Waals surface area contributed by atoms with Gasteiger partial charge in [-0.05, 0) is 55.5 Å². The van der Waals surface area contributed by atoms with Crippen molar-refractivity contribution < 1.29 is 19.1 Å². The Kier molecular flexibility index (Phi) is 4.67. The molecule has 0 bridgehead atoms. The van der Waals surface area contributed by atoms with Crippen LogP contribution in [0.2, 0.25) is 0 Å². The summed E-state index contributed by atoms with van der Waals surface area (Å²) < 4.78 is 6.86. The van der Waals surface area contributed by atoms with E-state index in [-0.39, 0.29) is 17.0 Å². The highest BCUT2D eigenvalue weighted by molar-refractivity contribution is 6.37. The summed E-state index contributed by atoms with van der Waals surface area (Å²) in [6.45, 7) is 3.19. The van der Waals surface area contributed by atoms with Crippen LogP contribution >= 0.6 is 0 Å². The predicted octanol–water partition coefficient (Wildman–Crippen LogP) is 3.50. The number of benzene rings is 2. The molecular weight excluding hydrogens is 422 g/mol. The minimum atomic E-state index is -0.451. The first-order valence-corrected chi connectivity index (χ1v) is 10.2. The van der Waals surface area contributed by atoms with E-state index >= 15 is 0 Å². The first-order valence-electron chi connectivity index (χ1n) is 10.2. The molecule has 1 aliphatic heterocycles. The number of amides is 3. The predicted molar refractivity (Wildman–Crippen MR) is 122 cm³/mol. The molecule has 0 atom stereocenters. The summed E-state index contributed by atoms with van der Waals surface area (Å²) in [4.78, 5) is 43.4. The summed E-state index contributed by atoms with van der Waals surface area (Å²) in [6, 6.07) is 13.8. The van der Waals surface area contributed by atoms with E-state index in [1.54, 1.807) is 43.0 Å². The molecule has 5 rings (SSSR count). The topological polar surface area (TPSA) is 106 Å². The molecule has 3 heterocycles. The Bertz CT molecular complexity index is 1440. The van der Waals surface area contributed by atoms with Gasteiger partial charge in [0.25, 0.3) is 11.8 Å². The van der Waals surface area contributed by atoms with Gasteiger partial charge < -0.3 is 10.1 Å². The van der Waals surface area contributed by atoms with Crippen molar-refractivity contribution in [2.45, 2.75) is 13.8 Å². The molecule has 0 unspecified atom stereocenters. The summed E-state index contributed by atoms with van der Waals surface area (Å²) >= 11 is 0. The quantitative estimate of drug-likeness (QED) is 0.486. The number of nitrogens with one attached hydrogen (secondary N) is 1. The van der Waals surface area contributed by atoms with Gasteiger partial charge in [-0.1, -0.05) is 0 Å². The second-order valence-corrected chi connectivity index (χ2v) is 7.61. The third-order valence-corrected chi connectivity index (χ3v) is 5.48. The molecule has 0 fully saturated rings. The molecule has 0 aliphatic carbocycles. The van der Waals surface area contributed by atoms with Gasteiger partial charge in [-0.2, -0.15) is 5.10 Å². The molecule has 164 valence electrons. The summed E-state index contributed by atoms with van der Waals surface area (Å²) in [6.07, 6.45) is 1.42. The molecule has 2 aromatic heterocycles. The standard InChI is InChI=1S/C24H19N5O4/c1-13-20-21-19(12-25-22(20)29(27-13)17-8-10-18(33-3)11-9-17)23(31)28(24(21)32)16-6-4-15(5-7-16)26-14(2)30/h4-12H,1-3H3,(H,26,30). The van der Waals surface area contributed by atoms with E-state index in [2.05, 4.69) is 15.4 Å². The lowest BCUT2D eigenvalue weighted by molar-refractivity contribution is -0.114. The molecule has 1 N–H and O–H groups in total. The molecular formula is C24H19N5O4. The minimum Gasteiger partial charge on any atom is -0.497 e. The number of aryl methyl sites for hydroxylation is 1. The average Bonchev–Trinajstić information content (AvgIpc) is 3.28. The van der Waals surface area contributed by atoms with Gasteiger partial charge in [-0.25, -0.2) is 14.6 Å². The molecule has 9 nitrogen and oxygen atoms in total. The number of carbonyl (C=O) groups is 3. The number of nitrogens with zero attached hydrogens (tertiary/aromatic N) is 4. The zero-order valence-corrected chi connectivity index (χ0v) is 18.1. The molecule has 1 aliphatic rings. The molecule has 9 heteroatoms. The van der Waals surface area contributed by atoms with Crippen LogP contribution in [0.25, 0.3) is 16.7 Å². The van der Waals surface area contributed by atoms with Crippen molar-refractivity contribution in [3.63, 3.8) is 0 Å². The van der Waals surface area contributed by atoms with Crippen molar-refractivity contribution in [3.8, 4) is 11.4 Å². The van der Waals surface area contributed by atoms with Gasteiger partial charge >= 0.3 is 0 Å². The Labute approximate surface area is 188 Å². The molecule has 3 amide bonds. The van der Waals surface area contributed by atoms with Crippen molar-refractivity contribution in [2.75, 3.05) is 17.3 Å². The Morgan fingerprint density at radius 3 is 2.27 bits per heavy atom. The number of carbonyl (C=O) groups excluding carboxylic acids is 3. The zero-order chi connectivity index (χ0) is 23.3. The zero-order valence-electron chi connectivity index (χ0n) is 18.1. The van der Waals surface area contributed by atoms with E-state index in [0.29, 0.717) is 33.9 Å². The fourth-order valence-corrected chi connectivity index (χ4v) is 4.00. The number of ether oxygens (including phenoxy) is 1. The number of pyridine rings is 1. The van der Waals surface area contributed by atoms with Crippen LogP contribution in [0.5, 0.6) is 5.75 Å². The van der Waals surface area contributed by atoms with Crippen LogP contribution in [0, 0.1) is 6.92 Å². The summed E-state index contributed by atoms with van der Waals surface area (Å²) in [5.41, 5.74) is 3.33. The molecule has 4 aromatic rings. The molecule has 0 radical (unpaired) electrons. The van der Waals surface area contributed by atoms with Gasteiger partial charge in [0.2, 0.25) is 5.91 Å². The number of hydrogen-bond donors (Lipinski definition) is 1. The second kappa shape index (κ2) is 7.56. The maximum Gasteiger partial charge on any atom is 0.267 e. The number of fused-ring (bicyclic) bond motifs is 3. The van der Waals surface area contributed by atoms with Gasteiger partial charge in [0.15, 0.2) is 5.65 Å². The first kappa shape index (κ1) is 20.4. The van der Waals surface area contributed by atoms with Crippen LogP contribution in [0.4, 0.5) is 11.4 Å². The number of methoxy groups -OCH3 is 1. The van der Waals surface area contributed by atoms with Crippen LogP contribution < -0.4 is 15.0 Å². The highest BCUT2D eigenvalue weighted by Crippen LogP contribution is 2.35. The molecule has 0 saturated heterocycles. The van der Waals surface area contributed by atoms with Gasteiger partial charge in [0.1, 0.15) is 5.75 Å². The average molecular weight is 441 g/mol. The van der Waals surface area contributed by atoms with E-state index in [9.17, 15) is 14.4 Å². The van der Waals surface area contributed by atoms with Crippen molar-refractivity contribution in [3.05, 3.63) is 71.5 Å². The maximum atomic E-state index is 13.4. The molecule has 0 spiro atoms. The van der Waals surface area contributed by atoms with E-state index in [1.807, 2.05) is 24.3 Å². The van der Waals surface area contributed by atoms with E-state index < -0.39 is 11.8 Å². The molecule has 33 heavy (non-hydrogen) atoms. The van der Waals surface area contributed by atoms with Crippen molar-refractivity contribution in [2.24, 2.45) is 0 Å². The number of hydrogen-bond acceptors (Lipinski definition) is 6. The highest BCUT2D eigenvalue weighted by Gasteiger charge is 2.40. The van der Waals surface area contributed by atoms with Gasteiger partial charge in [-0.3, -0.25) is 14.4 Å². The first-order chi connectivity index (χ1) is 15.9. The molecule has 2 aromatic carbocycles. The van der Waals surface area contributed by atoms with Crippen LogP contribution in [0.1, 0.15) is 33.3 Å². The van der Waals surface area contributed by atoms with E-state index in [4.69, 9.17) is 4.74 Å². The lowest BCUT2D eigenvalue weighted by Crippen LogP contribution is -2.29. The number of anilines is 2. The van der Waals surface area contributed by atoms with Crippen molar-refractivity contribution in [1.29, 1.82) is 0 Å². The fourth-order valence-electron chi connectivity index (χ4n) is 4.00. The van der Waals surface area contributed by atoms with E-state index in [0.717, 1.165) is 10.6 Å². The Morgan fingerprint density at radius 1 is 0.970 bits per heavy atom. The second-order valence-electron chi connectivity index (χ2n) is 7.61. The van der Waals surface area contributed by atoms with Crippen LogP contribution in [0.15, 0.2) is 54.7 Å². The number of rotatable bonds is 4. The third-order valence-electron chi connectivity index (χ3n) is 5.48. The van der Waals surface area contributed by atoms with Crippen LogP contribution in [-0.2, 0) is 4.79 Å². The largest absolute Gasteiger partial charge is 0.497 e. The summed E-state index contributed by atoms with van der Waals surface area (Å²) in [7, 11) is 1.59. The van der Waals surface area contributed by atoms with Gasteiger partial charge in [-0.15, -0.1) is 0 Å². The number of imide groups is 1. The lowest BCUT2D eigenvalue weighted by Gasteiger charge is -2.14. The Balaban J connectivity index is 1.59. The monoisotopic (exact) mass is 441 g/mol. The molecule has 0 saturated carbocycles. The SMILES string of the molecule is COc1ccc(-n2nc(C)c3c4c(cnc32)C(=O)N(c2ccc(NC(C)=O)cc2)C4=O)cc1. The summed E-state index contributed by atoms with van der Waals surface area (Å²) in [5, 5.41) is 7.78. The number of aromatic nitrogens is 3. The minimum absolute atomic E-state index is 0.207.